The smallest absolute Gasteiger partial charge is 0.331 e. The second kappa shape index (κ2) is 4.37. The molecule has 0 bridgehead atoms. The average molecular weight is 302 g/mol. The van der Waals surface area contributed by atoms with E-state index in [9.17, 15) is 9.59 Å². The number of esters is 1. The summed E-state index contributed by atoms with van der Waals surface area (Å²) in [5, 5.41) is 0. The van der Waals surface area contributed by atoms with Crippen LogP contribution >= 0.6 is 31.9 Å². The zero-order valence-electron chi connectivity index (χ0n) is 7.06. The minimum absolute atomic E-state index is 0.279. The highest BCUT2D eigenvalue weighted by Gasteiger charge is 2.46. The highest BCUT2D eigenvalue weighted by atomic mass is 79.9. The number of halogens is 2. The first-order valence-electron chi connectivity index (χ1n) is 3.29. The van der Waals surface area contributed by atoms with Crippen LogP contribution in [0.15, 0.2) is 0 Å². The summed E-state index contributed by atoms with van der Waals surface area (Å²) in [6.45, 7) is 3.04. The van der Waals surface area contributed by atoms with Crippen molar-refractivity contribution < 1.29 is 14.3 Å². The summed E-state index contributed by atoms with van der Waals surface area (Å²) in [6, 6.07) is 0. The Balaban J connectivity index is 4.87. The molecule has 0 radical (unpaired) electrons. The maximum atomic E-state index is 11.2. The molecule has 0 N–H and O–H groups in total. The van der Waals surface area contributed by atoms with Crippen LogP contribution in [0.1, 0.15) is 13.8 Å². The quantitative estimate of drug-likeness (QED) is 0.452. The number of alkyl halides is 2. The maximum Gasteiger partial charge on any atom is 0.331 e. The summed E-state index contributed by atoms with van der Waals surface area (Å²) in [4.78, 5) is 22.0. The molecule has 0 saturated heterocycles. The van der Waals surface area contributed by atoms with Gasteiger partial charge >= 0.3 is 5.97 Å². The van der Waals surface area contributed by atoms with Crippen LogP contribution in [0.2, 0.25) is 0 Å². The van der Waals surface area contributed by atoms with Gasteiger partial charge in [0.25, 0.3) is 0 Å². The number of rotatable bonds is 3. The Kier molecular flexibility index (Phi) is 4.40. The van der Waals surface area contributed by atoms with Crippen molar-refractivity contribution in [2.24, 2.45) is 0 Å². The normalized spacial score (nSPS) is 17.8. The molecular formula is C7H10Br2O3. The van der Waals surface area contributed by atoms with Crippen LogP contribution in [-0.2, 0) is 14.3 Å². The molecule has 5 heteroatoms. The van der Waals surface area contributed by atoms with E-state index in [2.05, 4.69) is 36.6 Å². The Bertz CT molecular complexity index is 203. The Hall–Kier alpha value is 0.1000. The fourth-order valence-electron chi connectivity index (χ4n) is 0.735. The number of hydrogen-bond acceptors (Lipinski definition) is 3. The lowest BCUT2D eigenvalue weighted by atomic mass is 10.0. The van der Waals surface area contributed by atoms with Crippen LogP contribution in [0.25, 0.3) is 0 Å². The van der Waals surface area contributed by atoms with E-state index >= 15 is 0 Å². The highest BCUT2D eigenvalue weighted by Crippen LogP contribution is 2.30. The van der Waals surface area contributed by atoms with Gasteiger partial charge in [-0.2, -0.15) is 0 Å². The molecule has 0 aliphatic heterocycles. The Labute approximate surface area is 88.1 Å². The summed E-state index contributed by atoms with van der Waals surface area (Å²) in [5.74, 6) is -0.863. The minimum atomic E-state index is -1.26. The first-order valence-corrected chi connectivity index (χ1v) is 5.00. The summed E-state index contributed by atoms with van der Waals surface area (Å²) >= 11 is 6.24. The molecule has 0 amide bonds. The Morgan fingerprint density at radius 2 is 1.92 bits per heavy atom. The van der Waals surface area contributed by atoms with E-state index in [0.29, 0.717) is 0 Å². The molecule has 12 heavy (non-hydrogen) atoms. The van der Waals surface area contributed by atoms with Crippen molar-refractivity contribution in [3.05, 3.63) is 0 Å². The Morgan fingerprint density at radius 3 is 2.00 bits per heavy atom. The molecule has 0 spiro atoms. The molecule has 0 saturated carbocycles. The van der Waals surface area contributed by atoms with Gasteiger partial charge in [-0.05, 0) is 6.92 Å². The molecule has 0 aromatic rings. The lowest BCUT2D eigenvalue weighted by molar-refractivity contribution is -0.146. The molecule has 0 aliphatic carbocycles. The molecule has 0 fully saturated rings. The molecule has 0 heterocycles. The standard InChI is InChI=1S/C7H10Br2O3/c1-4(8)7(9,5(2)10)6(11)12-3/h4H,1-3H3. The fourth-order valence-corrected chi connectivity index (χ4v) is 1.41. The second-order valence-electron chi connectivity index (χ2n) is 2.38. The van der Waals surface area contributed by atoms with E-state index in [1.165, 1.54) is 14.0 Å². The summed E-state index contributed by atoms with van der Waals surface area (Å²) < 4.78 is 3.24. The van der Waals surface area contributed by atoms with Gasteiger partial charge in [0.1, 0.15) is 0 Å². The van der Waals surface area contributed by atoms with Gasteiger partial charge in [0.05, 0.1) is 7.11 Å². The zero-order chi connectivity index (χ0) is 9.94. The predicted octanol–water partition coefficient (Wildman–Crippen LogP) is 1.67. The maximum absolute atomic E-state index is 11.2. The molecule has 0 aromatic carbocycles. The number of methoxy groups -OCH3 is 1. The van der Waals surface area contributed by atoms with Crippen LogP contribution in [0, 0.1) is 0 Å². The third-order valence-corrected chi connectivity index (χ3v) is 4.41. The van der Waals surface area contributed by atoms with E-state index < -0.39 is 10.3 Å². The molecule has 0 aromatic heterocycles. The number of ether oxygens (including phenoxy) is 1. The van der Waals surface area contributed by atoms with Gasteiger partial charge in [-0.1, -0.05) is 38.8 Å². The van der Waals surface area contributed by atoms with Gasteiger partial charge in [-0.3, -0.25) is 9.59 Å². The molecule has 2 atom stereocenters. The molecule has 0 rings (SSSR count). The van der Waals surface area contributed by atoms with Crippen LogP contribution in [0.5, 0.6) is 0 Å². The first-order chi connectivity index (χ1) is 5.37. The predicted molar refractivity (Wildman–Crippen MR) is 52.7 cm³/mol. The number of carbonyl (C=O) groups excluding carboxylic acids is 2. The number of carbonyl (C=O) groups is 2. The van der Waals surface area contributed by atoms with E-state index in [-0.39, 0.29) is 10.6 Å². The zero-order valence-corrected chi connectivity index (χ0v) is 10.2. The van der Waals surface area contributed by atoms with Crippen molar-refractivity contribution in [2.75, 3.05) is 7.11 Å². The SMILES string of the molecule is COC(=O)C(Br)(C(C)=O)C(C)Br. The van der Waals surface area contributed by atoms with Crippen molar-refractivity contribution in [2.45, 2.75) is 23.0 Å². The van der Waals surface area contributed by atoms with Gasteiger partial charge in [0, 0.05) is 4.83 Å². The minimum Gasteiger partial charge on any atom is -0.468 e. The van der Waals surface area contributed by atoms with Crippen molar-refractivity contribution in [1.82, 2.24) is 0 Å². The highest BCUT2D eigenvalue weighted by molar-refractivity contribution is 9.13. The van der Waals surface area contributed by atoms with Crippen LogP contribution in [0.3, 0.4) is 0 Å². The fraction of sp³-hybridized carbons (Fsp3) is 0.714. The third-order valence-electron chi connectivity index (χ3n) is 1.54. The van der Waals surface area contributed by atoms with Gasteiger partial charge in [-0.15, -0.1) is 0 Å². The lowest BCUT2D eigenvalue weighted by Gasteiger charge is -2.23. The van der Waals surface area contributed by atoms with E-state index in [1.807, 2.05) is 0 Å². The van der Waals surface area contributed by atoms with Gasteiger partial charge < -0.3 is 4.74 Å². The largest absolute Gasteiger partial charge is 0.468 e. The van der Waals surface area contributed by atoms with Gasteiger partial charge in [0.2, 0.25) is 0 Å². The number of hydrogen-bond donors (Lipinski definition) is 0. The first kappa shape index (κ1) is 12.1. The van der Waals surface area contributed by atoms with Crippen molar-refractivity contribution in [3.63, 3.8) is 0 Å². The van der Waals surface area contributed by atoms with Crippen molar-refractivity contribution in [1.29, 1.82) is 0 Å². The summed E-state index contributed by atoms with van der Waals surface area (Å²) in [5.41, 5.74) is 0. The van der Waals surface area contributed by atoms with E-state index in [0.717, 1.165) is 0 Å². The van der Waals surface area contributed by atoms with Gasteiger partial charge in [-0.25, -0.2) is 0 Å². The summed E-state index contributed by atoms with van der Waals surface area (Å²) in [6.07, 6.45) is 0. The second-order valence-corrected chi connectivity index (χ2v) is 5.00. The molecular weight excluding hydrogens is 292 g/mol. The number of Topliss-reactive ketones (excluding diaryl/α,β-unsaturated/α-hetero) is 1. The third kappa shape index (κ3) is 2.07. The van der Waals surface area contributed by atoms with Crippen LogP contribution < -0.4 is 0 Å². The van der Waals surface area contributed by atoms with Crippen molar-refractivity contribution in [3.8, 4) is 0 Å². The molecule has 3 nitrogen and oxygen atoms in total. The molecule has 0 aliphatic rings. The number of ketones is 1. The van der Waals surface area contributed by atoms with Gasteiger partial charge in [0.15, 0.2) is 10.1 Å². The molecule has 2 unspecified atom stereocenters. The van der Waals surface area contributed by atoms with E-state index in [1.54, 1.807) is 6.92 Å². The van der Waals surface area contributed by atoms with Crippen LogP contribution in [0.4, 0.5) is 0 Å². The van der Waals surface area contributed by atoms with Crippen LogP contribution in [-0.4, -0.2) is 28.0 Å². The van der Waals surface area contributed by atoms with E-state index in [4.69, 9.17) is 0 Å². The lowest BCUT2D eigenvalue weighted by Crippen LogP contribution is -2.46. The monoisotopic (exact) mass is 300 g/mol. The summed E-state index contributed by atoms with van der Waals surface area (Å²) in [7, 11) is 1.25. The topological polar surface area (TPSA) is 43.4 Å². The average Bonchev–Trinajstić information content (AvgIpc) is 2.00. The van der Waals surface area contributed by atoms with Crippen molar-refractivity contribution >= 4 is 43.6 Å². The Morgan fingerprint density at radius 1 is 1.50 bits per heavy atom. The molecule has 70 valence electrons.